The zero-order valence-electron chi connectivity index (χ0n) is 12.8. The van der Waals surface area contributed by atoms with Gasteiger partial charge in [-0.05, 0) is 25.0 Å². The van der Waals surface area contributed by atoms with Crippen molar-refractivity contribution in [1.29, 1.82) is 0 Å². The first-order chi connectivity index (χ1) is 9.90. The Balaban J connectivity index is 2.28. The molecule has 0 saturated heterocycles. The number of carboxylic acid groups (broad SMARTS) is 1. The minimum atomic E-state index is -0.862. The molecule has 1 aromatic carbocycles. The number of benzene rings is 1. The van der Waals surface area contributed by atoms with Crippen LogP contribution < -0.4 is 5.32 Å². The van der Waals surface area contributed by atoms with Crippen LogP contribution in [0.5, 0.6) is 0 Å². The molecule has 1 aromatic rings. The Bertz CT molecular complexity index is 471. The minimum absolute atomic E-state index is 0.00438. The fourth-order valence-electron chi connectivity index (χ4n) is 1.82. The van der Waals surface area contributed by atoms with Gasteiger partial charge >= 0.3 is 5.97 Å². The maximum atomic E-state index is 11.7. The molecule has 1 rings (SSSR count). The molecular weight excluding hydrogens is 286 g/mol. The third kappa shape index (κ3) is 6.67. The fourth-order valence-corrected chi connectivity index (χ4v) is 2.67. The van der Waals surface area contributed by atoms with E-state index >= 15 is 0 Å². The van der Waals surface area contributed by atoms with Crippen molar-refractivity contribution in [3.05, 3.63) is 29.8 Å². The van der Waals surface area contributed by atoms with E-state index in [0.29, 0.717) is 12.2 Å². The van der Waals surface area contributed by atoms with Crippen molar-refractivity contribution in [2.45, 2.75) is 32.1 Å². The minimum Gasteiger partial charge on any atom is -0.481 e. The van der Waals surface area contributed by atoms with Gasteiger partial charge in [0.2, 0.25) is 5.91 Å². The van der Waals surface area contributed by atoms with Gasteiger partial charge in [0.05, 0.1) is 5.92 Å². The maximum absolute atomic E-state index is 11.7. The highest BCUT2D eigenvalue weighted by molar-refractivity contribution is 7.99. The summed E-state index contributed by atoms with van der Waals surface area (Å²) in [4.78, 5) is 23.9. The summed E-state index contributed by atoms with van der Waals surface area (Å²) in [5, 5.41) is 11.8. The van der Waals surface area contributed by atoms with Gasteiger partial charge in [0.25, 0.3) is 0 Å². The van der Waals surface area contributed by atoms with E-state index < -0.39 is 11.9 Å². The SMILES string of the molecule is Cc1ccc(SCCC(=O)NCC(C(=O)O)C(C)C)cc1. The molecule has 0 spiro atoms. The zero-order chi connectivity index (χ0) is 15.8. The second kappa shape index (κ2) is 8.72. The number of aliphatic carboxylic acids is 1. The van der Waals surface area contributed by atoms with Crippen LogP contribution in [0.2, 0.25) is 0 Å². The average Bonchev–Trinajstić information content (AvgIpc) is 2.40. The van der Waals surface area contributed by atoms with Crippen LogP contribution >= 0.6 is 11.8 Å². The van der Waals surface area contributed by atoms with E-state index in [1.54, 1.807) is 11.8 Å². The number of carboxylic acids is 1. The summed E-state index contributed by atoms with van der Waals surface area (Å²) in [5.74, 6) is -0.793. The second-order valence-electron chi connectivity index (χ2n) is 5.40. The highest BCUT2D eigenvalue weighted by Crippen LogP contribution is 2.19. The number of aryl methyl sites for hydroxylation is 1. The monoisotopic (exact) mass is 309 g/mol. The number of amides is 1. The summed E-state index contributed by atoms with van der Waals surface area (Å²) >= 11 is 1.63. The highest BCUT2D eigenvalue weighted by atomic mass is 32.2. The number of nitrogens with one attached hydrogen (secondary N) is 1. The molecule has 0 saturated carbocycles. The van der Waals surface area contributed by atoms with Crippen molar-refractivity contribution in [3.8, 4) is 0 Å². The molecule has 0 bridgehead atoms. The molecular formula is C16H23NO3S. The number of rotatable bonds is 8. The number of carbonyl (C=O) groups is 2. The van der Waals surface area contributed by atoms with Gasteiger partial charge in [0.1, 0.15) is 0 Å². The molecule has 0 aliphatic carbocycles. The first kappa shape index (κ1) is 17.6. The lowest BCUT2D eigenvalue weighted by atomic mass is 9.96. The summed E-state index contributed by atoms with van der Waals surface area (Å²) in [6, 6.07) is 8.17. The van der Waals surface area contributed by atoms with E-state index in [4.69, 9.17) is 5.11 Å². The van der Waals surface area contributed by atoms with E-state index in [-0.39, 0.29) is 18.4 Å². The molecule has 0 aliphatic heterocycles. The van der Waals surface area contributed by atoms with E-state index in [9.17, 15) is 9.59 Å². The topological polar surface area (TPSA) is 66.4 Å². The largest absolute Gasteiger partial charge is 0.481 e. The molecule has 1 amide bonds. The van der Waals surface area contributed by atoms with Crippen molar-refractivity contribution >= 4 is 23.6 Å². The summed E-state index contributed by atoms with van der Waals surface area (Å²) in [7, 11) is 0. The van der Waals surface area contributed by atoms with Crippen LogP contribution in [0.1, 0.15) is 25.8 Å². The summed E-state index contributed by atoms with van der Waals surface area (Å²) < 4.78 is 0. The number of hydrogen-bond acceptors (Lipinski definition) is 3. The van der Waals surface area contributed by atoms with Gasteiger partial charge in [0.15, 0.2) is 0 Å². The lowest BCUT2D eigenvalue weighted by Gasteiger charge is -2.16. The van der Waals surface area contributed by atoms with Crippen LogP contribution in [0.15, 0.2) is 29.2 Å². The van der Waals surface area contributed by atoms with Gasteiger partial charge < -0.3 is 10.4 Å². The third-order valence-corrected chi connectivity index (χ3v) is 4.27. The molecule has 0 radical (unpaired) electrons. The van der Waals surface area contributed by atoms with E-state index in [2.05, 4.69) is 5.32 Å². The van der Waals surface area contributed by atoms with E-state index in [1.165, 1.54) is 5.56 Å². The van der Waals surface area contributed by atoms with Gasteiger partial charge in [-0.15, -0.1) is 11.8 Å². The lowest BCUT2D eigenvalue weighted by molar-refractivity contribution is -0.143. The van der Waals surface area contributed by atoms with Crippen LogP contribution in [0.3, 0.4) is 0 Å². The first-order valence-electron chi connectivity index (χ1n) is 7.09. The quantitative estimate of drug-likeness (QED) is 0.725. The van der Waals surface area contributed by atoms with Crippen molar-refractivity contribution in [3.63, 3.8) is 0 Å². The van der Waals surface area contributed by atoms with Crippen LogP contribution in [-0.2, 0) is 9.59 Å². The molecule has 1 unspecified atom stereocenters. The Morgan fingerprint density at radius 2 is 1.86 bits per heavy atom. The summed E-state index contributed by atoms with van der Waals surface area (Å²) in [6.45, 7) is 5.92. The number of carbonyl (C=O) groups excluding carboxylic acids is 1. The Hall–Kier alpha value is -1.49. The van der Waals surface area contributed by atoms with Crippen molar-refractivity contribution < 1.29 is 14.7 Å². The van der Waals surface area contributed by atoms with Gasteiger partial charge in [-0.25, -0.2) is 0 Å². The van der Waals surface area contributed by atoms with Crippen molar-refractivity contribution in [1.82, 2.24) is 5.32 Å². The molecule has 116 valence electrons. The van der Waals surface area contributed by atoms with Crippen LogP contribution in [0.25, 0.3) is 0 Å². The Morgan fingerprint density at radius 3 is 2.38 bits per heavy atom. The van der Waals surface area contributed by atoms with Gasteiger partial charge in [-0.3, -0.25) is 9.59 Å². The highest BCUT2D eigenvalue weighted by Gasteiger charge is 2.21. The van der Waals surface area contributed by atoms with Gasteiger partial charge in [-0.1, -0.05) is 31.5 Å². The van der Waals surface area contributed by atoms with Crippen LogP contribution in [0, 0.1) is 18.8 Å². The summed E-state index contributed by atoms with van der Waals surface area (Å²) in [5.41, 5.74) is 1.21. The molecule has 0 fully saturated rings. The van der Waals surface area contributed by atoms with Crippen LogP contribution in [0.4, 0.5) is 0 Å². The molecule has 21 heavy (non-hydrogen) atoms. The van der Waals surface area contributed by atoms with E-state index in [0.717, 1.165) is 4.90 Å². The zero-order valence-corrected chi connectivity index (χ0v) is 13.6. The standard InChI is InChI=1S/C16H23NO3S/c1-11(2)14(16(19)20)10-17-15(18)8-9-21-13-6-4-12(3)5-7-13/h4-7,11,14H,8-10H2,1-3H3,(H,17,18)(H,19,20). The second-order valence-corrected chi connectivity index (χ2v) is 6.57. The summed E-state index contributed by atoms with van der Waals surface area (Å²) in [6.07, 6.45) is 0.392. The number of thioether (sulfide) groups is 1. The Kier molecular flexibility index (Phi) is 7.29. The Morgan fingerprint density at radius 1 is 1.24 bits per heavy atom. The number of hydrogen-bond donors (Lipinski definition) is 2. The predicted molar refractivity (Wildman–Crippen MR) is 85.5 cm³/mol. The lowest BCUT2D eigenvalue weighted by Crippen LogP contribution is -2.35. The molecule has 5 heteroatoms. The molecule has 0 aliphatic rings. The average molecular weight is 309 g/mol. The van der Waals surface area contributed by atoms with Gasteiger partial charge in [-0.2, -0.15) is 0 Å². The first-order valence-corrected chi connectivity index (χ1v) is 8.07. The maximum Gasteiger partial charge on any atom is 0.308 e. The fraction of sp³-hybridized carbons (Fsp3) is 0.500. The normalized spacial score (nSPS) is 12.2. The molecule has 0 heterocycles. The molecule has 0 aromatic heterocycles. The van der Waals surface area contributed by atoms with Gasteiger partial charge in [0, 0.05) is 23.6 Å². The van der Waals surface area contributed by atoms with E-state index in [1.807, 2.05) is 45.0 Å². The van der Waals surface area contributed by atoms with Crippen molar-refractivity contribution in [2.75, 3.05) is 12.3 Å². The van der Waals surface area contributed by atoms with Crippen molar-refractivity contribution in [2.24, 2.45) is 11.8 Å². The molecule has 2 N–H and O–H groups in total. The predicted octanol–water partition coefficient (Wildman–Crippen LogP) is 2.95. The molecule has 1 atom stereocenters. The van der Waals surface area contributed by atoms with Crippen LogP contribution in [-0.4, -0.2) is 29.3 Å². The third-order valence-electron chi connectivity index (χ3n) is 3.26. The molecule has 4 nitrogen and oxygen atoms in total. The smallest absolute Gasteiger partial charge is 0.308 e. The Labute approximate surface area is 130 Å².